The molecule has 2 rings (SSSR count). The Hall–Kier alpha value is -2.27. The Bertz CT molecular complexity index is 582. The molecule has 0 spiro atoms. The minimum atomic E-state index is 0.711. The van der Waals surface area contributed by atoms with Gasteiger partial charge in [0.15, 0.2) is 0 Å². The Morgan fingerprint density at radius 3 is 2.60 bits per heavy atom. The standard InChI is InChI=1S/C18H20N2/c1-15-10-11-17(14-19)13-18(15)20-12-6-5-9-16-7-3-2-4-8-16/h2-4,7-8,10-11,13,20H,5-6,9,12H2,1H3. The van der Waals surface area contributed by atoms with E-state index in [0.717, 1.165) is 25.1 Å². The second-order valence-electron chi connectivity index (χ2n) is 5.01. The molecule has 0 bridgehead atoms. The van der Waals surface area contributed by atoms with Gasteiger partial charge in [0.1, 0.15) is 0 Å². The maximum atomic E-state index is 8.91. The van der Waals surface area contributed by atoms with Crippen LogP contribution in [0.3, 0.4) is 0 Å². The second kappa shape index (κ2) is 7.35. The van der Waals surface area contributed by atoms with Gasteiger partial charge in [0.2, 0.25) is 0 Å². The summed E-state index contributed by atoms with van der Waals surface area (Å²) in [6.45, 7) is 3.01. The lowest BCUT2D eigenvalue weighted by Crippen LogP contribution is -2.03. The van der Waals surface area contributed by atoms with E-state index < -0.39 is 0 Å². The molecule has 102 valence electrons. The van der Waals surface area contributed by atoms with Crippen LogP contribution in [0.15, 0.2) is 48.5 Å². The maximum Gasteiger partial charge on any atom is 0.0992 e. The predicted octanol–water partition coefficient (Wildman–Crippen LogP) is 4.30. The highest BCUT2D eigenvalue weighted by molar-refractivity contribution is 5.55. The van der Waals surface area contributed by atoms with Crippen molar-refractivity contribution < 1.29 is 0 Å². The quantitative estimate of drug-likeness (QED) is 0.789. The number of hydrogen-bond donors (Lipinski definition) is 1. The number of anilines is 1. The highest BCUT2D eigenvalue weighted by Crippen LogP contribution is 2.16. The van der Waals surface area contributed by atoms with Crippen LogP contribution < -0.4 is 5.32 Å². The zero-order valence-electron chi connectivity index (χ0n) is 11.9. The number of unbranched alkanes of at least 4 members (excludes halogenated alkanes) is 1. The second-order valence-corrected chi connectivity index (χ2v) is 5.01. The van der Waals surface area contributed by atoms with E-state index >= 15 is 0 Å². The highest BCUT2D eigenvalue weighted by Gasteiger charge is 1.99. The predicted molar refractivity (Wildman–Crippen MR) is 83.8 cm³/mol. The fraction of sp³-hybridized carbons (Fsp3) is 0.278. The molecule has 0 fully saturated rings. The molecule has 0 saturated heterocycles. The minimum absolute atomic E-state index is 0.711. The van der Waals surface area contributed by atoms with E-state index in [1.807, 2.05) is 18.2 Å². The van der Waals surface area contributed by atoms with E-state index in [2.05, 4.69) is 48.6 Å². The fourth-order valence-corrected chi connectivity index (χ4v) is 2.20. The van der Waals surface area contributed by atoms with Gasteiger partial charge in [-0.15, -0.1) is 0 Å². The van der Waals surface area contributed by atoms with Crippen LogP contribution in [0.1, 0.15) is 29.5 Å². The van der Waals surface area contributed by atoms with Crippen molar-refractivity contribution in [3.8, 4) is 6.07 Å². The summed E-state index contributed by atoms with van der Waals surface area (Å²) in [5.74, 6) is 0. The number of benzene rings is 2. The van der Waals surface area contributed by atoms with Gasteiger partial charge in [-0.1, -0.05) is 36.4 Å². The van der Waals surface area contributed by atoms with E-state index in [1.165, 1.54) is 17.5 Å². The molecule has 1 N–H and O–H groups in total. The molecule has 2 heteroatoms. The average Bonchev–Trinajstić information content (AvgIpc) is 2.50. The summed E-state index contributed by atoms with van der Waals surface area (Å²) in [6, 6.07) is 18.5. The van der Waals surface area contributed by atoms with Gasteiger partial charge in [-0.05, 0) is 49.4 Å². The molecule has 0 aliphatic carbocycles. The number of nitrogens with zero attached hydrogens (tertiary/aromatic N) is 1. The number of nitriles is 1. The number of rotatable bonds is 6. The van der Waals surface area contributed by atoms with E-state index in [1.54, 1.807) is 0 Å². The molecule has 20 heavy (non-hydrogen) atoms. The Morgan fingerprint density at radius 2 is 1.85 bits per heavy atom. The topological polar surface area (TPSA) is 35.8 Å². The summed E-state index contributed by atoms with van der Waals surface area (Å²) in [4.78, 5) is 0. The summed E-state index contributed by atoms with van der Waals surface area (Å²) < 4.78 is 0. The summed E-state index contributed by atoms with van der Waals surface area (Å²) in [5, 5.41) is 12.3. The van der Waals surface area contributed by atoms with Crippen LogP contribution in [0, 0.1) is 18.3 Å². The van der Waals surface area contributed by atoms with Gasteiger partial charge in [0.25, 0.3) is 0 Å². The first kappa shape index (κ1) is 14.1. The SMILES string of the molecule is Cc1ccc(C#N)cc1NCCCCc1ccccc1. The summed E-state index contributed by atoms with van der Waals surface area (Å²) in [6.07, 6.45) is 3.43. The molecule has 0 aromatic heterocycles. The van der Waals surface area contributed by atoms with Crippen LogP contribution in [-0.4, -0.2) is 6.54 Å². The molecule has 0 heterocycles. The molecule has 2 aromatic rings. The Labute approximate surface area is 121 Å². The third-order valence-corrected chi connectivity index (χ3v) is 3.42. The van der Waals surface area contributed by atoms with Crippen LogP contribution in [0.5, 0.6) is 0 Å². The highest BCUT2D eigenvalue weighted by atomic mass is 14.9. The van der Waals surface area contributed by atoms with Crippen LogP contribution in [-0.2, 0) is 6.42 Å². The summed E-state index contributed by atoms with van der Waals surface area (Å²) in [7, 11) is 0. The van der Waals surface area contributed by atoms with Crippen molar-refractivity contribution in [1.29, 1.82) is 5.26 Å². The third-order valence-electron chi connectivity index (χ3n) is 3.42. The van der Waals surface area contributed by atoms with Crippen molar-refractivity contribution in [2.45, 2.75) is 26.2 Å². The first-order chi connectivity index (χ1) is 9.79. The number of hydrogen-bond acceptors (Lipinski definition) is 2. The average molecular weight is 264 g/mol. The van der Waals surface area contributed by atoms with E-state index in [-0.39, 0.29) is 0 Å². The Balaban J connectivity index is 1.75. The van der Waals surface area contributed by atoms with Gasteiger partial charge >= 0.3 is 0 Å². The molecule has 0 amide bonds. The fourth-order valence-electron chi connectivity index (χ4n) is 2.20. The maximum absolute atomic E-state index is 8.91. The molecule has 0 unspecified atom stereocenters. The zero-order chi connectivity index (χ0) is 14.2. The van der Waals surface area contributed by atoms with Crippen molar-refractivity contribution >= 4 is 5.69 Å². The minimum Gasteiger partial charge on any atom is -0.385 e. The normalized spacial score (nSPS) is 10.0. The molecular formula is C18H20N2. The molecule has 0 radical (unpaired) electrons. The van der Waals surface area contributed by atoms with E-state index in [0.29, 0.717) is 5.56 Å². The lowest BCUT2D eigenvalue weighted by molar-refractivity contribution is 0.763. The van der Waals surface area contributed by atoms with Gasteiger partial charge in [-0.2, -0.15) is 5.26 Å². The van der Waals surface area contributed by atoms with E-state index in [4.69, 9.17) is 5.26 Å². The number of aryl methyl sites for hydroxylation is 2. The molecule has 0 aliphatic rings. The summed E-state index contributed by atoms with van der Waals surface area (Å²) in [5.41, 5.74) is 4.37. The lowest BCUT2D eigenvalue weighted by atomic mass is 10.1. The van der Waals surface area contributed by atoms with Gasteiger partial charge in [-0.25, -0.2) is 0 Å². The smallest absolute Gasteiger partial charge is 0.0992 e. The Morgan fingerprint density at radius 1 is 1.05 bits per heavy atom. The van der Waals surface area contributed by atoms with Crippen LogP contribution in [0.4, 0.5) is 5.69 Å². The molecule has 0 atom stereocenters. The molecule has 2 nitrogen and oxygen atoms in total. The van der Waals surface area contributed by atoms with Gasteiger partial charge in [0, 0.05) is 12.2 Å². The van der Waals surface area contributed by atoms with Crippen molar-refractivity contribution in [3.63, 3.8) is 0 Å². The van der Waals surface area contributed by atoms with Gasteiger partial charge < -0.3 is 5.32 Å². The van der Waals surface area contributed by atoms with Crippen molar-refractivity contribution in [2.75, 3.05) is 11.9 Å². The lowest BCUT2D eigenvalue weighted by Gasteiger charge is -2.09. The number of nitrogens with one attached hydrogen (secondary N) is 1. The van der Waals surface area contributed by atoms with Gasteiger partial charge in [0.05, 0.1) is 11.6 Å². The molecule has 2 aromatic carbocycles. The summed E-state index contributed by atoms with van der Waals surface area (Å²) >= 11 is 0. The molecule has 0 saturated carbocycles. The van der Waals surface area contributed by atoms with Crippen LogP contribution in [0.25, 0.3) is 0 Å². The largest absolute Gasteiger partial charge is 0.385 e. The van der Waals surface area contributed by atoms with Crippen molar-refractivity contribution in [3.05, 3.63) is 65.2 Å². The van der Waals surface area contributed by atoms with Gasteiger partial charge in [-0.3, -0.25) is 0 Å². The molecular weight excluding hydrogens is 244 g/mol. The van der Waals surface area contributed by atoms with Crippen LogP contribution in [0.2, 0.25) is 0 Å². The third kappa shape index (κ3) is 4.13. The first-order valence-corrected chi connectivity index (χ1v) is 7.08. The first-order valence-electron chi connectivity index (χ1n) is 7.08. The van der Waals surface area contributed by atoms with Crippen molar-refractivity contribution in [1.82, 2.24) is 0 Å². The zero-order valence-corrected chi connectivity index (χ0v) is 11.9. The monoisotopic (exact) mass is 264 g/mol. The van der Waals surface area contributed by atoms with Crippen molar-refractivity contribution in [2.24, 2.45) is 0 Å². The Kier molecular flexibility index (Phi) is 5.20. The van der Waals surface area contributed by atoms with Crippen LogP contribution >= 0.6 is 0 Å². The molecule has 0 aliphatic heterocycles. The van der Waals surface area contributed by atoms with E-state index in [9.17, 15) is 0 Å².